The Balaban J connectivity index is 0.000000873. The zero-order valence-corrected chi connectivity index (χ0v) is 23.0. The van der Waals surface area contributed by atoms with Crippen molar-refractivity contribution in [1.29, 1.82) is 0 Å². The van der Waals surface area contributed by atoms with Crippen LogP contribution in [0.3, 0.4) is 0 Å². The normalized spacial score (nSPS) is 15.0. The number of anilines is 1. The van der Waals surface area contributed by atoms with Crippen LogP contribution >= 0.6 is 11.6 Å². The Labute approximate surface area is 223 Å². The molecule has 0 aliphatic carbocycles. The lowest BCUT2D eigenvalue weighted by atomic mass is 9.79. The highest BCUT2D eigenvalue weighted by molar-refractivity contribution is 6.62. The molecule has 0 spiro atoms. The van der Waals surface area contributed by atoms with Crippen LogP contribution in [0.1, 0.15) is 64.7 Å². The average Bonchev–Trinajstić information content (AvgIpc) is 3.05. The van der Waals surface area contributed by atoms with E-state index in [1.807, 2.05) is 52.0 Å². The fourth-order valence-corrected chi connectivity index (χ4v) is 3.11. The number of hydrogen-bond acceptors (Lipinski definition) is 7. The molecule has 0 atom stereocenters. The van der Waals surface area contributed by atoms with Crippen molar-refractivity contribution in [1.82, 2.24) is 0 Å². The second-order valence-electron chi connectivity index (χ2n) is 9.26. The van der Waals surface area contributed by atoms with Gasteiger partial charge in [0.15, 0.2) is 0 Å². The van der Waals surface area contributed by atoms with Gasteiger partial charge in [0.2, 0.25) is 0 Å². The summed E-state index contributed by atoms with van der Waals surface area (Å²) in [5.41, 5.74) is 0.903. The number of ether oxygens (including phenoxy) is 1. The van der Waals surface area contributed by atoms with E-state index in [1.54, 1.807) is 18.2 Å². The third kappa shape index (κ3) is 9.98. The summed E-state index contributed by atoms with van der Waals surface area (Å²) in [5.74, 6) is 0. The molecule has 1 amide bonds. The monoisotopic (exact) mass is 537 g/mol. The van der Waals surface area contributed by atoms with Crippen molar-refractivity contribution in [2.45, 2.75) is 79.0 Å². The summed E-state index contributed by atoms with van der Waals surface area (Å²) in [6.45, 7) is 11.8. The first-order chi connectivity index (χ1) is 17.3. The van der Waals surface area contributed by atoms with Gasteiger partial charge in [-0.1, -0.05) is 62.7 Å². The standard InChI is InChI=1S/C22H28BNO6.C3H8.CHClO2/c1-21(2)22(3,4)30-23(29-21)18-10-8-15(9-11-18)14-28-20(27)24-19-16(12-25)6-5-7-17(19)13-26;1-3-2;2-1(3)4/h5-11,25-26H,12-14H2,1-4H3,(H,24,27);3H2,1-2H3;(H,3,4). The van der Waals surface area contributed by atoms with E-state index in [2.05, 4.69) is 30.8 Å². The first-order valence-corrected chi connectivity index (χ1v) is 12.3. The van der Waals surface area contributed by atoms with Crippen LogP contribution in [0.15, 0.2) is 42.5 Å². The lowest BCUT2D eigenvalue weighted by Crippen LogP contribution is -2.41. The van der Waals surface area contributed by atoms with E-state index in [0.717, 1.165) is 11.0 Å². The molecule has 204 valence electrons. The van der Waals surface area contributed by atoms with Crippen molar-refractivity contribution in [3.63, 3.8) is 0 Å². The fourth-order valence-electron chi connectivity index (χ4n) is 3.11. The van der Waals surface area contributed by atoms with Gasteiger partial charge in [-0.2, -0.15) is 0 Å². The van der Waals surface area contributed by atoms with Crippen LogP contribution in [0.2, 0.25) is 0 Å². The Morgan fingerprint density at radius 3 is 1.78 bits per heavy atom. The number of hydrogen-bond donors (Lipinski definition) is 4. The summed E-state index contributed by atoms with van der Waals surface area (Å²) >= 11 is 4.19. The predicted molar refractivity (Wildman–Crippen MR) is 144 cm³/mol. The minimum atomic E-state index is -1.36. The zero-order valence-electron chi connectivity index (χ0n) is 22.2. The second kappa shape index (κ2) is 14.9. The van der Waals surface area contributed by atoms with Crippen molar-refractivity contribution in [3.05, 3.63) is 59.2 Å². The number of carbonyl (C=O) groups is 2. The summed E-state index contributed by atoms with van der Waals surface area (Å²) in [7, 11) is -0.444. The van der Waals surface area contributed by atoms with E-state index in [1.165, 1.54) is 6.42 Å². The molecule has 0 saturated carbocycles. The molecule has 1 heterocycles. The molecule has 2 aromatic carbocycles. The Bertz CT molecular complexity index is 972. The molecule has 2 aromatic rings. The number of aliphatic hydroxyl groups excluding tert-OH is 2. The number of rotatable bonds is 6. The molecule has 9 nitrogen and oxygen atoms in total. The van der Waals surface area contributed by atoms with Gasteiger partial charge in [0.25, 0.3) is 0 Å². The highest BCUT2D eigenvalue weighted by Gasteiger charge is 2.51. The molecule has 4 N–H and O–H groups in total. The number of amides is 1. The molecule has 0 aromatic heterocycles. The number of benzene rings is 2. The maximum Gasteiger partial charge on any atom is 0.494 e. The average molecular weight is 538 g/mol. The molecule has 11 heteroatoms. The molecule has 37 heavy (non-hydrogen) atoms. The molecule has 1 aliphatic rings. The summed E-state index contributed by atoms with van der Waals surface area (Å²) in [6, 6.07) is 12.5. The number of para-hydroxylation sites is 1. The summed E-state index contributed by atoms with van der Waals surface area (Å²) < 4.78 is 17.4. The van der Waals surface area contributed by atoms with Crippen molar-refractivity contribution in [2.24, 2.45) is 0 Å². The van der Waals surface area contributed by atoms with Crippen LogP contribution in [0.5, 0.6) is 0 Å². The van der Waals surface area contributed by atoms with Crippen LogP contribution in [0.4, 0.5) is 15.3 Å². The third-order valence-electron chi connectivity index (χ3n) is 5.68. The molecule has 0 unspecified atom stereocenters. The van der Waals surface area contributed by atoms with Gasteiger partial charge in [0.1, 0.15) is 6.61 Å². The van der Waals surface area contributed by atoms with Crippen LogP contribution in [0, 0.1) is 0 Å². The van der Waals surface area contributed by atoms with Crippen LogP contribution in [-0.2, 0) is 33.9 Å². The van der Waals surface area contributed by atoms with E-state index in [0.29, 0.717) is 16.8 Å². The van der Waals surface area contributed by atoms with Crippen LogP contribution in [0.25, 0.3) is 0 Å². The first-order valence-electron chi connectivity index (χ1n) is 11.9. The topological polar surface area (TPSA) is 135 Å². The van der Waals surface area contributed by atoms with Gasteiger partial charge in [-0.15, -0.1) is 0 Å². The van der Waals surface area contributed by atoms with E-state index in [9.17, 15) is 15.0 Å². The Hall–Kier alpha value is -2.63. The highest BCUT2D eigenvalue weighted by atomic mass is 35.5. The van der Waals surface area contributed by atoms with Gasteiger partial charge in [0, 0.05) is 22.7 Å². The predicted octanol–water partition coefficient (Wildman–Crippen LogP) is 5.04. The molecule has 1 saturated heterocycles. The first kappa shape index (κ1) is 32.4. The maximum atomic E-state index is 12.2. The number of carboxylic acid groups (broad SMARTS) is 1. The third-order valence-corrected chi connectivity index (χ3v) is 5.68. The largest absolute Gasteiger partial charge is 0.494 e. The Kier molecular flexibility index (Phi) is 13.1. The zero-order chi connectivity index (χ0) is 28.2. The SMILES string of the molecule is CC1(C)OB(c2ccc(COC(=O)Nc3c(CO)cccc3CO)cc2)OC1(C)C.CCC.O=C(O)Cl. The minimum absolute atomic E-state index is 0.0746. The molecular formula is C26H37BClNO8. The summed E-state index contributed by atoms with van der Waals surface area (Å²) in [6.07, 6.45) is 0.584. The second-order valence-corrected chi connectivity index (χ2v) is 9.58. The van der Waals surface area contributed by atoms with Gasteiger partial charge in [-0.3, -0.25) is 5.32 Å². The van der Waals surface area contributed by atoms with E-state index < -0.39 is 29.8 Å². The van der Waals surface area contributed by atoms with Crippen molar-refractivity contribution >= 4 is 41.4 Å². The quantitative estimate of drug-likeness (QED) is 0.297. The van der Waals surface area contributed by atoms with Crippen LogP contribution < -0.4 is 10.8 Å². The van der Waals surface area contributed by atoms with Gasteiger partial charge in [-0.05, 0) is 38.7 Å². The number of halogens is 1. The van der Waals surface area contributed by atoms with Crippen molar-refractivity contribution in [2.75, 3.05) is 5.32 Å². The molecule has 0 radical (unpaired) electrons. The number of nitrogens with one attached hydrogen (secondary N) is 1. The summed E-state index contributed by atoms with van der Waals surface area (Å²) in [5, 5.41) is 28.7. The Morgan fingerprint density at radius 1 is 0.946 bits per heavy atom. The molecule has 1 fully saturated rings. The van der Waals surface area contributed by atoms with Gasteiger partial charge < -0.3 is 29.4 Å². The summed E-state index contributed by atoms with van der Waals surface area (Å²) in [4.78, 5) is 21.0. The lowest BCUT2D eigenvalue weighted by Gasteiger charge is -2.32. The van der Waals surface area contributed by atoms with Gasteiger partial charge >= 0.3 is 18.6 Å². The fraction of sp³-hybridized carbons (Fsp3) is 0.462. The lowest BCUT2D eigenvalue weighted by molar-refractivity contribution is 0.00578. The highest BCUT2D eigenvalue weighted by Crippen LogP contribution is 2.36. The van der Waals surface area contributed by atoms with Gasteiger partial charge in [-0.25, -0.2) is 9.59 Å². The maximum absolute atomic E-state index is 12.2. The van der Waals surface area contributed by atoms with E-state index in [-0.39, 0.29) is 19.8 Å². The van der Waals surface area contributed by atoms with E-state index in [4.69, 9.17) is 23.9 Å². The van der Waals surface area contributed by atoms with Gasteiger partial charge in [0.05, 0.1) is 30.1 Å². The Morgan fingerprint density at radius 2 is 1.38 bits per heavy atom. The molecule has 3 rings (SSSR count). The van der Waals surface area contributed by atoms with Crippen LogP contribution in [-0.4, -0.2) is 45.2 Å². The minimum Gasteiger partial charge on any atom is -0.469 e. The number of aliphatic hydroxyl groups is 2. The molecule has 0 bridgehead atoms. The smallest absolute Gasteiger partial charge is 0.469 e. The van der Waals surface area contributed by atoms with E-state index >= 15 is 0 Å². The molecule has 1 aliphatic heterocycles. The van der Waals surface area contributed by atoms with Crippen molar-refractivity contribution in [3.8, 4) is 0 Å². The van der Waals surface area contributed by atoms with Crippen molar-refractivity contribution < 1.29 is 39.0 Å². The molecular weight excluding hydrogens is 501 g/mol. The number of carbonyl (C=O) groups excluding carboxylic acids is 1.